The minimum Gasteiger partial charge on any atom is -0.481 e. The van der Waals surface area contributed by atoms with Crippen molar-refractivity contribution in [3.05, 3.63) is 35.9 Å². The first-order valence-corrected chi connectivity index (χ1v) is 8.71. The standard InChI is InChI=1S/C19H26N2O4/c1-3-7-15(20-16(22)12-14-8-5-4-6-9-14)17(23)21-11-10-19(2,13-21)18(24)25/h4-6,8-9,15H,3,7,10-13H2,1-2H3,(H,20,22)(H,24,25). The van der Waals surface area contributed by atoms with E-state index in [0.717, 1.165) is 12.0 Å². The third-order valence-corrected chi connectivity index (χ3v) is 4.72. The van der Waals surface area contributed by atoms with Crippen LogP contribution in [0.1, 0.15) is 38.7 Å². The molecule has 25 heavy (non-hydrogen) atoms. The van der Waals surface area contributed by atoms with Crippen LogP contribution >= 0.6 is 0 Å². The third-order valence-electron chi connectivity index (χ3n) is 4.72. The monoisotopic (exact) mass is 346 g/mol. The summed E-state index contributed by atoms with van der Waals surface area (Å²) >= 11 is 0. The van der Waals surface area contributed by atoms with Gasteiger partial charge < -0.3 is 15.3 Å². The first-order valence-electron chi connectivity index (χ1n) is 8.71. The summed E-state index contributed by atoms with van der Waals surface area (Å²) in [6.45, 7) is 4.22. The fraction of sp³-hybridized carbons (Fsp3) is 0.526. The molecule has 1 heterocycles. The lowest BCUT2D eigenvalue weighted by atomic mass is 9.90. The molecule has 1 aliphatic rings. The zero-order valence-electron chi connectivity index (χ0n) is 14.8. The van der Waals surface area contributed by atoms with Crippen LogP contribution in [0, 0.1) is 5.41 Å². The predicted octanol–water partition coefficient (Wildman–Crippen LogP) is 1.84. The van der Waals surface area contributed by atoms with E-state index in [-0.39, 0.29) is 24.8 Å². The number of carbonyl (C=O) groups excluding carboxylic acids is 2. The summed E-state index contributed by atoms with van der Waals surface area (Å²) in [6, 6.07) is 8.77. The molecule has 0 saturated carbocycles. The van der Waals surface area contributed by atoms with Crippen molar-refractivity contribution in [1.29, 1.82) is 0 Å². The van der Waals surface area contributed by atoms with Crippen LogP contribution < -0.4 is 5.32 Å². The summed E-state index contributed by atoms with van der Waals surface area (Å²) in [4.78, 5) is 38.0. The number of rotatable bonds is 7. The van der Waals surface area contributed by atoms with Gasteiger partial charge in [0.05, 0.1) is 11.8 Å². The maximum absolute atomic E-state index is 12.8. The molecule has 2 N–H and O–H groups in total. The zero-order chi connectivity index (χ0) is 18.4. The fourth-order valence-electron chi connectivity index (χ4n) is 3.12. The summed E-state index contributed by atoms with van der Waals surface area (Å²) in [7, 11) is 0. The van der Waals surface area contributed by atoms with Gasteiger partial charge in [-0.1, -0.05) is 43.7 Å². The van der Waals surface area contributed by atoms with Crippen LogP contribution in [-0.4, -0.2) is 46.9 Å². The number of aliphatic carboxylic acids is 1. The number of carboxylic acids is 1. The van der Waals surface area contributed by atoms with E-state index in [1.165, 1.54) is 0 Å². The number of benzene rings is 1. The first kappa shape index (κ1) is 19.0. The van der Waals surface area contributed by atoms with E-state index in [2.05, 4.69) is 5.32 Å². The van der Waals surface area contributed by atoms with Crippen molar-refractivity contribution >= 4 is 17.8 Å². The van der Waals surface area contributed by atoms with E-state index in [1.54, 1.807) is 11.8 Å². The quantitative estimate of drug-likeness (QED) is 0.789. The molecule has 2 rings (SSSR count). The lowest BCUT2D eigenvalue weighted by Crippen LogP contribution is -2.49. The Morgan fingerprint density at radius 1 is 1.28 bits per heavy atom. The average molecular weight is 346 g/mol. The van der Waals surface area contributed by atoms with Gasteiger partial charge in [-0.3, -0.25) is 14.4 Å². The Bertz CT molecular complexity index is 632. The van der Waals surface area contributed by atoms with Crippen molar-refractivity contribution in [3.8, 4) is 0 Å². The Morgan fingerprint density at radius 2 is 1.96 bits per heavy atom. The highest BCUT2D eigenvalue weighted by atomic mass is 16.4. The molecule has 2 atom stereocenters. The second-order valence-electron chi connectivity index (χ2n) is 6.95. The summed E-state index contributed by atoms with van der Waals surface area (Å²) in [5.41, 5.74) is -0.0113. The summed E-state index contributed by atoms with van der Waals surface area (Å²) in [6.07, 6.45) is 1.96. The molecule has 6 heteroatoms. The third kappa shape index (κ3) is 4.81. The Morgan fingerprint density at radius 3 is 2.52 bits per heavy atom. The van der Waals surface area contributed by atoms with Crippen molar-refractivity contribution in [3.63, 3.8) is 0 Å². The Hall–Kier alpha value is -2.37. The molecule has 1 saturated heterocycles. The zero-order valence-corrected chi connectivity index (χ0v) is 14.8. The number of nitrogens with zero attached hydrogens (tertiary/aromatic N) is 1. The van der Waals surface area contributed by atoms with E-state index in [0.29, 0.717) is 19.4 Å². The molecule has 0 aromatic heterocycles. The van der Waals surface area contributed by atoms with Gasteiger partial charge in [-0.05, 0) is 25.3 Å². The minimum atomic E-state index is -0.902. The molecule has 0 bridgehead atoms. The first-order chi connectivity index (χ1) is 11.9. The minimum absolute atomic E-state index is 0.187. The number of hydrogen-bond acceptors (Lipinski definition) is 3. The molecule has 2 amide bonds. The summed E-state index contributed by atoms with van der Waals surface area (Å²) in [5.74, 6) is -1.27. The van der Waals surface area contributed by atoms with Crippen LogP contribution in [0.4, 0.5) is 0 Å². The van der Waals surface area contributed by atoms with Gasteiger partial charge in [-0.2, -0.15) is 0 Å². The van der Waals surface area contributed by atoms with E-state index in [9.17, 15) is 19.5 Å². The number of amides is 2. The van der Waals surface area contributed by atoms with Gasteiger partial charge in [0.2, 0.25) is 11.8 Å². The van der Waals surface area contributed by atoms with Crippen LogP contribution in [-0.2, 0) is 20.8 Å². The smallest absolute Gasteiger partial charge is 0.311 e. The largest absolute Gasteiger partial charge is 0.481 e. The van der Waals surface area contributed by atoms with Crippen molar-refractivity contribution in [1.82, 2.24) is 10.2 Å². The normalized spacial score (nSPS) is 21.0. The SMILES string of the molecule is CCCC(NC(=O)Cc1ccccc1)C(=O)N1CCC(C)(C(=O)O)C1. The second-order valence-corrected chi connectivity index (χ2v) is 6.95. The Kier molecular flexibility index (Phi) is 6.17. The maximum atomic E-state index is 12.8. The second kappa shape index (κ2) is 8.14. The highest BCUT2D eigenvalue weighted by molar-refractivity contribution is 5.89. The molecule has 136 valence electrons. The van der Waals surface area contributed by atoms with Crippen molar-refractivity contribution < 1.29 is 19.5 Å². The lowest BCUT2D eigenvalue weighted by Gasteiger charge is -2.25. The molecule has 6 nitrogen and oxygen atoms in total. The number of carboxylic acid groups (broad SMARTS) is 1. The molecule has 1 aromatic carbocycles. The number of hydrogen-bond donors (Lipinski definition) is 2. The van der Waals surface area contributed by atoms with E-state index < -0.39 is 17.4 Å². The van der Waals surface area contributed by atoms with E-state index in [1.807, 2.05) is 37.3 Å². The highest BCUT2D eigenvalue weighted by Crippen LogP contribution is 2.30. The van der Waals surface area contributed by atoms with Gasteiger partial charge in [-0.15, -0.1) is 0 Å². The number of nitrogens with one attached hydrogen (secondary N) is 1. The Labute approximate surface area is 148 Å². The number of likely N-dealkylation sites (tertiary alicyclic amines) is 1. The van der Waals surface area contributed by atoms with Crippen LogP contribution in [0.3, 0.4) is 0 Å². The Balaban J connectivity index is 1.98. The van der Waals surface area contributed by atoms with Crippen molar-refractivity contribution in [2.45, 2.75) is 45.6 Å². The van der Waals surface area contributed by atoms with Gasteiger partial charge >= 0.3 is 5.97 Å². The maximum Gasteiger partial charge on any atom is 0.311 e. The summed E-state index contributed by atoms with van der Waals surface area (Å²) in [5, 5.41) is 12.1. The van der Waals surface area contributed by atoms with Gasteiger partial charge in [0, 0.05) is 13.1 Å². The van der Waals surface area contributed by atoms with Gasteiger partial charge in [0.1, 0.15) is 6.04 Å². The molecular weight excluding hydrogens is 320 g/mol. The van der Waals surface area contributed by atoms with Crippen molar-refractivity contribution in [2.75, 3.05) is 13.1 Å². The molecule has 1 aromatic rings. The predicted molar refractivity (Wildman–Crippen MR) is 93.9 cm³/mol. The molecule has 0 radical (unpaired) electrons. The van der Waals surface area contributed by atoms with Crippen LogP contribution in [0.2, 0.25) is 0 Å². The molecule has 2 unspecified atom stereocenters. The average Bonchev–Trinajstić information content (AvgIpc) is 2.98. The fourth-order valence-corrected chi connectivity index (χ4v) is 3.12. The van der Waals surface area contributed by atoms with Crippen LogP contribution in [0.15, 0.2) is 30.3 Å². The number of carbonyl (C=O) groups is 3. The summed E-state index contributed by atoms with van der Waals surface area (Å²) < 4.78 is 0. The van der Waals surface area contributed by atoms with E-state index >= 15 is 0 Å². The van der Waals surface area contributed by atoms with Crippen LogP contribution in [0.25, 0.3) is 0 Å². The van der Waals surface area contributed by atoms with Gasteiger partial charge in [0.15, 0.2) is 0 Å². The van der Waals surface area contributed by atoms with E-state index in [4.69, 9.17) is 0 Å². The lowest BCUT2D eigenvalue weighted by molar-refractivity contribution is -0.147. The molecule has 1 fully saturated rings. The molecular formula is C19H26N2O4. The van der Waals surface area contributed by atoms with Gasteiger partial charge in [-0.25, -0.2) is 0 Å². The van der Waals surface area contributed by atoms with Gasteiger partial charge in [0.25, 0.3) is 0 Å². The van der Waals surface area contributed by atoms with Crippen LogP contribution in [0.5, 0.6) is 0 Å². The molecule has 1 aliphatic heterocycles. The highest BCUT2D eigenvalue weighted by Gasteiger charge is 2.43. The van der Waals surface area contributed by atoms with Crippen molar-refractivity contribution in [2.24, 2.45) is 5.41 Å². The molecule has 0 spiro atoms. The topological polar surface area (TPSA) is 86.7 Å². The molecule has 0 aliphatic carbocycles.